The van der Waals surface area contributed by atoms with E-state index >= 15 is 0 Å². The number of nitrogens with one attached hydrogen (secondary N) is 1. The molecule has 1 rings (SSSR count). The first kappa shape index (κ1) is 16.4. The number of amides is 1. The Morgan fingerprint density at radius 1 is 1.32 bits per heavy atom. The van der Waals surface area contributed by atoms with Crippen molar-refractivity contribution < 1.29 is 9.53 Å². The van der Waals surface area contributed by atoms with Crippen molar-refractivity contribution in [1.29, 1.82) is 0 Å². The van der Waals surface area contributed by atoms with Gasteiger partial charge in [-0.25, -0.2) is 0 Å². The van der Waals surface area contributed by atoms with E-state index in [1.165, 1.54) is 6.42 Å². The molecule has 4 heteroatoms. The maximum absolute atomic E-state index is 12.0. The molecule has 0 radical (unpaired) electrons. The van der Waals surface area contributed by atoms with Crippen LogP contribution in [0.25, 0.3) is 0 Å². The zero-order chi connectivity index (χ0) is 14.1. The van der Waals surface area contributed by atoms with Gasteiger partial charge < -0.3 is 15.8 Å². The van der Waals surface area contributed by atoms with E-state index in [4.69, 9.17) is 10.5 Å². The first-order valence-corrected chi connectivity index (χ1v) is 7.79. The smallest absolute Gasteiger partial charge is 0.248 e. The van der Waals surface area contributed by atoms with E-state index in [1.54, 1.807) is 0 Å². The lowest BCUT2D eigenvalue weighted by Gasteiger charge is -2.38. The molecular weight excluding hydrogens is 240 g/mol. The molecule has 0 aromatic carbocycles. The van der Waals surface area contributed by atoms with Gasteiger partial charge in [-0.2, -0.15) is 0 Å². The van der Waals surface area contributed by atoms with Gasteiger partial charge in [-0.15, -0.1) is 0 Å². The summed E-state index contributed by atoms with van der Waals surface area (Å²) in [6.45, 7) is 5.25. The van der Waals surface area contributed by atoms with Gasteiger partial charge in [0.25, 0.3) is 0 Å². The number of ether oxygens (including phenoxy) is 1. The van der Waals surface area contributed by atoms with E-state index in [0.29, 0.717) is 6.54 Å². The molecule has 0 saturated heterocycles. The SMILES string of the molecule is CCCCCNC(=O)C(C)OC1(CN)CCCCC1. The molecule has 1 aliphatic rings. The quantitative estimate of drug-likeness (QED) is 0.665. The Morgan fingerprint density at radius 2 is 2.00 bits per heavy atom. The minimum absolute atomic E-state index is 0.00509. The zero-order valence-electron chi connectivity index (χ0n) is 12.5. The van der Waals surface area contributed by atoms with Crippen LogP contribution in [-0.2, 0) is 9.53 Å². The molecule has 1 aliphatic carbocycles. The van der Waals surface area contributed by atoms with E-state index in [9.17, 15) is 4.79 Å². The number of rotatable bonds is 8. The predicted octanol–water partition coefficient (Wildman–Crippen LogP) is 2.36. The first-order chi connectivity index (χ1) is 9.13. The average molecular weight is 270 g/mol. The predicted molar refractivity (Wildman–Crippen MR) is 78.0 cm³/mol. The van der Waals surface area contributed by atoms with Gasteiger partial charge in [0.2, 0.25) is 5.91 Å². The lowest BCUT2D eigenvalue weighted by atomic mass is 9.84. The summed E-state index contributed by atoms with van der Waals surface area (Å²) in [7, 11) is 0. The summed E-state index contributed by atoms with van der Waals surface area (Å²) in [5.41, 5.74) is 5.60. The Balaban J connectivity index is 2.34. The average Bonchev–Trinajstić information content (AvgIpc) is 2.44. The fourth-order valence-electron chi connectivity index (χ4n) is 2.73. The Morgan fingerprint density at radius 3 is 2.58 bits per heavy atom. The molecule has 1 saturated carbocycles. The Kier molecular flexibility index (Phi) is 7.39. The number of nitrogens with two attached hydrogens (primary N) is 1. The number of unbranched alkanes of at least 4 members (excludes halogenated alkanes) is 2. The van der Waals surface area contributed by atoms with Gasteiger partial charge in [0, 0.05) is 13.1 Å². The summed E-state index contributed by atoms with van der Waals surface area (Å²) < 4.78 is 6.01. The van der Waals surface area contributed by atoms with Crippen molar-refractivity contribution in [3.8, 4) is 0 Å². The van der Waals surface area contributed by atoms with Crippen molar-refractivity contribution in [2.75, 3.05) is 13.1 Å². The van der Waals surface area contributed by atoms with Gasteiger partial charge >= 0.3 is 0 Å². The summed E-state index contributed by atoms with van der Waals surface area (Å²) in [4.78, 5) is 12.0. The minimum atomic E-state index is -0.400. The first-order valence-electron chi connectivity index (χ1n) is 7.79. The molecule has 0 aromatic rings. The molecule has 0 spiro atoms. The van der Waals surface area contributed by atoms with Gasteiger partial charge in [0.05, 0.1) is 5.60 Å². The van der Waals surface area contributed by atoms with Crippen LogP contribution < -0.4 is 11.1 Å². The van der Waals surface area contributed by atoms with E-state index < -0.39 is 6.10 Å². The van der Waals surface area contributed by atoms with Crippen molar-refractivity contribution in [2.45, 2.75) is 76.9 Å². The van der Waals surface area contributed by atoms with E-state index in [-0.39, 0.29) is 11.5 Å². The topological polar surface area (TPSA) is 64.3 Å². The van der Waals surface area contributed by atoms with Crippen molar-refractivity contribution >= 4 is 5.91 Å². The van der Waals surface area contributed by atoms with E-state index in [1.807, 2.05) is 6.92 Å². The van der Waals surface area contributed by atoms with Gasteiger partial charge in [0.15, 0.2) is 0 Å². The number of hydrogen-bond acceptors (Lipinski definition) is 3. The van der Waals surface area contributed by atoms with E-state index in [2.05, 4.69) is 12.2 Å². The molecule has 3 N–H and O–H groups in total. The molecule has 0 aromatic heterocycles. The fourth-order valence-corrected chi connectivity index (χ4v) is 2.73. The highest BCUT2D eigenvalue weighted by molar-refractivity contribution is 5.80. The highest BCUT2D eigenvalue weighted by Gasteiger charge is 2.34. The summed E-state index contributed by atoms with van der Waals surface area (Å²) in [5, 5.41) is 2.94. The molecule has 0 bridgehead atoms. The third kappa shape index (κ3) is 5.49. The largest absolute Gasteiger partial charge is 0.361 e. The van der Waals surface area contributed by atoms with Crippen molar-refractivity contribution in [2.24, 2.45) is 5.73 Å². The molecular formula is C15H30N2O2. The van der Waals surface area contributed by atoms with Crippen LogP contribution in [0.2, 0.25) is 0 Å². The molecule has 0 heterocycles. The number of hydrogen-bond donors (Lipinski definition) is 2. The lowest BCUT2D eigenvalue weighted by molar-refractivity contribution is -0.148. The Hall–Kier alpha value is -0.610. The van der Waals surface area contributed by atoms with Crippen LogP contribution >= 0.6 is 0 Å². The Labute approximate surface area is 117 Å². The molecule has 112 valence electrons. The van der Waals surface area contributed by atoms with Crippen LogP contribution in [-0.4, -0.2) is 30.7 Å². The van der Waals surface area contributed by atoms with Crippen LogP contribution in [0.1, 0.15) is 65.2 Å². The summed E-state index contributed by atoms with van der Waals surface area (Å²) in [6.07, 6.45) is 8.49. The second-order valence-electron chi connectivity index (χ2n) is 5.71. The Bertz CT molecular complexity index is 263. The maximum atomic E-state index is 12.0. The maximum Gasteiger partial charge on any atom is 0.248 e. The molecule has 1 fully saturated rings. The highest BCUT2D eigenvalue weighted by Crippen LogP contribution is 2.31. The zero-order valence-corrected chi connectivity index (χ0v) is 12.5. The monoisotopic (exact) mass is 270 g/mol. The fraction of sp³-hybridized carbons (Fsp3) is 0.933. The van der Waals surface area contributed by atoms with E-state index in [0.717, 1.165) is 51.5 Å². The second kappa shape index (κ2) is 8.54. The molecule has 4 nitrogen and oxygen atoms in total. The van der Waals surface area contributed by atoms with Crippen molar-refractivity contribution in [3.63, 3.8) is 0 Å². The molecule has 19 heavy (non-hydrogen) atoms. The van der Waals surface area contributed by atoms with Crippen molar-refractivity contribution in [1.82, 2.24) is 5.32 Å². The van der Waals surface area contributed by atoms with Crippen LogP contribution in [0, 0.1) is 0 Å². The minimum Gasteiger partial charge on any atom is -0.361 e. The van der Waals surface area contributed by atoms with Crippen LogP contribution in [0.5, 0.6) is 0 Å². The van der Waals surface area contributed by atoms with Crippen LogP contribution in [0.15, 0.2) is 0 Å². The van der Waals surface area contributed by atoms with Gasteiger partial charge in [0.1, 0.15) is 6.10 Å². The highest BCUT2D eigenvalue weighted by atomic mass is 16.5. The molecule has 1 amide bonds. The second-order valence-corrected chi connectivity index (χ2v) is 5.71. The van der Waals surface area contributed by atoms with Gasteiger partial charge in [-0.05, 0) is 26.2 Å². The van der Waals surface area contributed by atoms with Crippen molar-refractivity contribution in [3.05, 3.63) is 0 Å². The standard InChI is InChI=1S/C15H30N2O2/c1-3-4-8-11-17-14(18)13(2)19-15(12-16)9-6-5-7-10-15/h13H,3-12,16H2,1-2H3,(H,17,18). The van der Waals surface area contributed by atoms with Gasteiger partial charge in [-0.3, -0.25) is 4.79 Å². The summed E-state index contributed by atoms with van der Waals surface area (Å²) in [5.74, 6) is -0.00509. The molecule has 1 atom stereocenters. The number of carbonyl (C=O) groups is 1. The number of carbonyl (C=O) groups excluding carboxylic acids is 1. The van der Waals surface area contributed by atoms with Crippen LogP contribution in [0.4, 0.5) is 0 Å². The normalized spacial score (nSPS) is 19.9. The van der Waals surface area contributed by atoms with Crippen LogP contribution in [0.3, 0.4) is 0 Å². The summed E-state index contributed by atoms with van der Waals surface area (Å²) in [6, 6.07) is 0. The third-order valence-corrected chi connectivity index (χ3v) is 4.01. The lowest BCUT2D eigenvalue weighted by Crippen LogP contribution is -2.48. The third-order valence-electron chi connectivity index (χ3n) is 4.01. The molecule has 1 unspecified atom stereocenters. The van der Waals surface area contributed by atoms with Gasteiger partial charge in [-0.1, -0.05) is 39.0 Å². The summed E-state index contributed by atoms with van der Waals surface area (Å²) >= 11 is 0. The molecule has 0 aliphatic heterocycles.